The first kappa shape index (κ1) is 14.4. The Labute approximate surface area is 126 Å². The summed E-state index contributed by atoms with van der Waals surface area (Å²) in [6, 6.07) is 3.63. The van der Waals surface area contributed by atoms with Crippen molar-refractivity contribution in [1.82, 2.24) is 19.5 Å². The van der Waals surface area contributed by atoms with Gasteiger partial charge in [-0.25, -0.2) is 4.68 Å². The molecule has 0 aliphatic carbocycles. The summed E-state index contributed by atoms with van der Waals surface area (Å²) < 4.78 is 8.39. The van der Waals surface area contributed by atoms with Crippen LogP contribution in [0.5, 0.6) is 0 Å². The molecule has 3 heterocycles. The first-order valence-corrected chi connectivity index (χ1v) is 7.30. The molecule has 1 amide bonds. The highest BCUT2D eigenvalue weighted by Crippen LogP contribution is 2.18. The molecular formula is C15H18N4O3. The maximum absolute atomic E-state index is 12.4. The highest BCUT2D eigenvalue weighted by molar-refractivity contribution is 5.81. The van der Waals surface area contributed by atoms with Gasteiger partial charge >= 0.3 is 0 Å². The molecule has 0 fully saturated rings. The topological polar surface area (TPSA) is 81.5 Å². The number of hydrogen-bond donors (Lipinski definition) is 1. The molecule has 22 heavy (non-hydrogen) atoms. The number of aromatic nitrogens is 3. The van der Waals surface area contributed by atoms with E-state index in [9.17, 15) is 9.59 Å². The van der Waals surface area contributed by atoms with Gasteiger partial charge in [-0.2, -0.15) is 5.10 Å². The molecule has 0 radical (unpaired) electrons. The van der Waals surface area contributed by atoms with E-state index in [-0.39, 0.29) is 17.5 Å². The van der Waals surface area contributed by atoms with E-state index in [0.717, 1.165) is 5.52 Å². The number of nitrogens with one attached hydrogen (secondary N) is 1. The number of nitrogens with zero attached hydrogens (tertiary/aromatic N) is 3. The van der Waals surface area contributed by atoms with Crippen molar-refractivity contribution in [3.63, 3.8) is 0 Å². The number of aryl methyl sites for hydroxylation is 1. The maximum atomic E-state index is 12.4. The van der Waals surface area contributed by atoms with E-state index in [1.165, 1.54) is 4.68 Å². The minimum Gasteiger partial charge on any atom is -0.463 e. The van der Waals surface area contributed by atoms with Crippen LogP contribution in [0, 0.1) is 0 Å². The molecule has 7 heteroatoms. The summed E-state index contributed by atoms with van der Waals surface area (Å²) in [5, 5.41) is 6.98. The Morgan fingerprint density at radius 3 is 3.00 bits per heavy atom. The van der Waals surface area contributed by atoms with Crippen LogP contribution in [0.1, 0.15) is 26.7 Å². The Hall–Kier alpha value is -2.57. The van der Waals surface area contributed by atoms with Gasteiger partial charge in [-0.05, 0) is 20.3 Å². The number of amides is 1. The number of carbonyl (C=O) groups is 1. The highest BCUT2D eigenvalue weighted by atomic mass is 16.3. The van der Waals surface area contributed by atoms with Gasteiger partial charge in [0.2, 0.25) is 5.91 Å². The van der Waals surface area contributed by atoms with Gasteiger partial charge in [0.1, 0.15) is 11.8 Å². The Balaban J connectivity index is 1.76. The van der Waals surface area contributed by atoms with Crippen molar-refractivity contribution in [3.05, 3.63) is 35.1 Å². The van der Waals surface area contributed by atoms with Gasteiger partial charge in [0.15, 0.2) is 5.58 Å². The Bertz CT molecular complexity index is 872. The number of fused-ring (bicyclic) bond motifs is 3. The fourth-order valence-corrected chi connectivity index (χ4v) is 2.48. The van der Waals surface area contributed by atoms with Crippen LogP contribution in [-0.2, 0) is 11.3 Å². The van der Waals surface area contributed by atoms with Crippen molar-refractivity contribution in [3.8, 4) is 0 Å². The minimum atomic E-state index is -0.182. The van der Waals surface area contributed by atoms with Gasteiger partial charge in [0.25, 0.3) is 5.56 Å². The molecule has 0 saturated carbocycles. The average molecular weight is 302 g/mol. The molecule has 0 aromatic carbocycles. The zero-order valence-corrected chi connectivity index (χ0v) is 12.6. The number of rotatable bonds is 5. The molecule has 0 aliphatic heterocycles. The van der Waals surface area contributed by atoms with Crippen molar-refractivity contribution in [2.45, 2.75) is 39.3 Å². The Morgan fingerprint density at radius 2 is 2.23 bits per heavy atom. The van der Waals surface area contributed by atoms with Gasteiger partial charge in [-0.3, -0.25) is 14.0 Å². The standard InChI is InChI=1S/C15H18N4O3/c1-10(2)17-14(20)4-3-6-19-15(21)12-8-13-11(5-7-22-13)18(12)9-16-19/h5,7-10H,3-4,6H2,1-2H3,(H,17,20). The van der Waals surface area contributed by atoms with Crippen LogP contribution >= 0.6 is 0 Å². The molecule has 3 rings (SSSR count). The van der Waals surface area contributed by atoms with Crippen molar-refractivity contribution >= 4 is 22.5 Å². The van der Waals surface area contributed by atoms with E-state index in [2.05, 4.69) is 10.4 Å². The van der Waals surface area contributed by atoms with Gasteiger partial charge in [-0.15, -0.1) is 0 Å². The predicted octanol–water partition coefficient (Wildman–Crippen LogP) is 1.55. The molecule has 3 aromatic heterocycles. The first-order chi connectivity index (χ1) is 10.6. The average Bonchev–Trinajstić information content (AvgIpc) is 3.01. The summed E-state index contributed by atoms with van der Waals surface area (Å²) in [6.07, 6.45) is 4.12. The fourth-order valence-electron chi connectivity index (χ4n) is 2.48. The molecule has 0 bridgehead atoms. The van der Waals surface area contributed by atoms with E-state index in [1.807, 2.05) is 13.8 Å². The second kappa shape index (κ2) is 5.67. The fraction of sp³-hybridized carbons (Fsp3) is 0.400. The molecular weight excluding hydrogens is 284 g/mol. The van der Waals surface area contributed by atoms with Crippen LogP contribution in [0.25, 0.3) is 16.6 Å². The van der Waals surface area contributed by atoms with Crippen LogP contribution in [0.15, 0.2) is 33.9 Å². The lowest BCUT2D eigenvalue weighted by Gasteiger charge is -2.08. The summed E-state index contributed by atoms with van der Waals surface area (Å²) in [5.41, 5.74) is 1.82. The molecule has 0 aliphatic rings. The molecule has 0 atom stereocenters. The minimum absolute atomic E-state index is 0.00988. The molecule has 0 spiro atoms. The summed E-state index contributed by atoms with van der Waals surface area (Å²) >= 11 is 0. The van der Waals surface area contributed by atoms with E-state index in [1.54, 1.807) is 29.1 Å². The lowest BCUT2D eigenvalue weighted by molar-refractivity contribution is -0.121. The van der Waals surface area contributed by atoms with Crippen molar-refractivity contribution < 1.29 is 9.21 Å². The van der Waals surface area contributed by atoms with E-state index >= 15 is 0 Å². The van der Waals surface area contributed by atoms with Gasteiger partial charge < -0.3 is 9.73 Å². The van der Waals surface area contributed by atoms with Crippen LogP contribution < -0.4 is 10.9 Å². The van der Waals surface area contributed by atoms with E-state index in [4.69, 9.17) is 4.42 Å². The second-order valence-corrected chi connectivity index (χ2v) is 5.55. The quantitative estimate of drug-likeness (QED) is 0.775. The van der Waals surface area contributed by atoms with Crippen LogP contribution in [-0.4, -0.2) is 26.1 Å². The zero-order valence-electron chi connectivity index (χ0n) is 12.6. The molecule has 3 aromatic rings. The van der Waals surface area contributed by atoms with Crippen LogP contribution in [0.4, 0.5) is 0 Å². The normalized spacial score (nSPS) is 11.6. The number of carbonyl (C=O) groups excluding carboxylic acids is 1. The second-order valence-electron chi connectivity index (χ2n) is 5.55. The summed E-state index contributed by atoms with van der Waals surface area (Å²) in [4.78, 5) is 24.0. The maximum Gasteiger partial charge on any atom is 0.291 e. The van der Waals surface area contributed by atoms with Crippen molar-refractivity contribution in [1.29, 1.82) is 0 Å². The molecule has 7 nitrogen and oxygen atoms in total. The first-order valence-electron chi connectivity index (χ1n) is 7.30. The van der Waals surface area contributed by atoms with Crippen LogP contribution in [0.2, 0.25) is 0 Å². The smallest absolute Gasteiger partial charge is 0.291 e. The third-order valence-electron chi connectivity index (χ3n) is 3.44. The highest BCUT2D eigenvalue weighted by Gasteiger charge is 2.11. The Morgan fingerprint density at radius 1 is 1.41 bits per heavy atom. The SMILES string of the molecule is CC(C)NC(=O)CCCn1ncn2c(cc3occc32)c1=O. The van der Waals surface area contributed by atoms with Crippen LogP contribution in [0.3, 0.4) is 0 Å². The van der Waals surface area contributed by atoms with Crippen molar-refractivity contribution in [2.75, 3.05) is 0 Å². The van der Waals surface area contributed by atoms with Gasteiger partial charge in [-0.1, -0.05) is 0 Å². The predicted molar refractivity (Wildman–Crippen MR) is 81.7 cm³/mol. The molecule has 1 N–H and O–H groups in total. The van der Waals surface area contributed by atoms with Gasteiger partial charge in [0, 0.05) is 31.1 Å². The summed E-state index contributed by atoms with van der Waals surface area (Å²) in [5.74, 6) is -0.00988. The van der Waals surface area contributed by atoms with E-state index < -0.39 is 0 Å². The third kappa shape index (κ3) is 2.61. The zero-order chi connectivity index (χ0) is 15.7. The van der Waals surface area contributed by atoms with Crippen molar-refractivity contribution in [2.24, 2.45) is 0 Å². The molecule has 0 saturated heterocycles. The largest absolute Gasteiger partial charge is 0.463 e. The molecule has 116 valence electrons. The number of hydrogen-bond acceptors (Lipinski definition) is 4. The lowest BCUT2D eigenvalue weighted by atomic mass is 10.2. The monoisotopic (exact) mass is 302 g/mol. The van der Waals surface area contributed by atoms with E-state index in [0.29, 0.717) is 30.5 Å². The lowest BCUT2D eigenvalue weighted by Crippen LogP contribution is -2.30. The van der Waals surface area contributed by atoms with Gasteiger partial charge in [0.05, 0.1) is 11.8 Å². The Kier molecular flexibility index (Phi) is 3.70. The summed E-state index contributed by atoms with van der Waals surface area (Å²) in [7, 11) is 0. The number of furan rings is 1. The molecule has 0 unspecified atom stereocenters. The summed E-state index contributed by atoms with van der Waals surface area (Å²) in [6.45, 7) is 4.24. The third-order valence-corrected chi connectivity index (χ3v) is 3.44.